The summed E-state index contributed by atoms with van der Waals surface area (Å²) in [6, 6.07) is 10.2. The van der Waals surface area contributed by atoms with E-state index in [0.29, 0.717) is 5.02 Å². The summed E-state index contributed by atoms with van der Waals surface area (Å²) in [5, 5.41) is 13.8. The molecule has 1 N–H and O–H groups in total. The molecule has 0 atom stereocenters. The molecule has 130 valence electrons. The SMILES string of the molecule is O=C(CNC(=O)c1ccc(Cl)c(Cl)c1)OCc1ccccc1[N+](=O)[O-]. The zero-order chi connectivity index (χ0) is 18.4. The minimum atomic E-state index is -0.730. The van der Waals surface area contributed by atoms with E-state index in [4.69, 9.17) is 27.9 Å². The number of ether oxygens (including phenoxy) is 1. The van der Waals surface area contributed by atoms with Crippen molar-refractivity contribution >= 4 is 40.8 Å². The van der Waals surface area contributed by atoms with Gasteiger partial charge in [0.05, 0.1) is 20.5 Å². The molecule has 1 amide bonds. The molecule has 0 radical (unpaired) electrons. The molecule has 0 unspecified atom stereocenters. The van der Waals surface area contributed by atoms with Crippen molar-refractivity contribution < 1.29 is 19.2 Å². The van der Waals surface area contributed by atoms with Crippen molar-refractivity contribution in [3.8, 4) is 0 Å². The van der Waals surface area contributed by atoms with Crippen molar-refractivity contribution in [2.45, 2.75) is 6.61 Å². The van der Waals surface area contributed by atoms with Crippen molar-refractivity contribution in [2.75, 3.05) is 6.54 Å². The van der Waals surface area contributed by atoms with Crippen LogP contribution in [0, 0.1) is 10.1 Å². The van der Waals surface area contributed by atoms with Crippen molar-refractivity contribution in [1.82, 2.24) is 5.32 Å². The van der Waals surface area contributed by atoms with Gasteiger partial charge in [0, 0.05) is 11.6 Å². The summed E-state index contributed by atoms with van der Waals surface area (Å²) < 4.78 is 4.94. The lowest BCUT2D eigenvalue weighted by atomic mass is 10.2. The van der Waals surface area contributed by atoms with Crippen LogP contribution in [-0.2, 0) is 16.1 Å². The summed E-state index contributed by atoms with van der Waals surface area (Å²) in [4.78, 5) is 33.9. The Bertz CT molecular complexity index is 826. The largest absolute Gasteiger partial charge is 0.459 e. The van der Waals surface area contributed by atoms with E-state index in [2.05, 4.69) is 5.32 Å². The van der Waals surface area contributed by atoms with Gasteiger partial charge in [-0.3, -0.25) is 19.7 Å². The Hall–Kier alpha value is -2.64. The summed E-state index contributed by atoms with van der Waals surface area (Å²) in [6.07, 6.45) is 0. The normalized spacial score (nSPS) is 10.2. The zero-order valence-corrected chi connectivity index (χ0v) is 14.2. The van der Waals surface area contributed by atoms with Crippen molar-refractivity contribution in [3.63, 3.8) is 0 Å². The number of carbonyl (C=O) groups is 2. The van der Waals surface area contributed by atoms with Gasteiger partial charge in [0.15, 0.2) is 0 Å². The lowest BCUT2D eigenvalue weighted by molar-refractivity contribution is -0.385. The number of para-hydroxylation sites is 1. The number of nitrogens with one attached hydrogen (secondary N) is 1. The van der Waals surface area contributed by atoms with Crippen LogP contribution >= 0.6 is 23.2 Å². The van der Waals surface area contributed by atoms with Gasteiger partial charge in [-0.05, 0) is 24.3 Å². The second-order valence-electron chi connectivity index (χ2n) is 4.86. The van der Waals surface area contributed by atoms with E-state index in [0.717, 1.165) is 0 Å². The van der Waals surface area contributed by atoms with E-state index in [9.17, 15) is 19.7 Å². The molecule has 0 spiro atoms. The number of nitro groups is 1. The molecule has 0 aromatic heterocycles. The predicted octanol–water partition coefficient (Wildman–Crippen LogP) is 3.37. The van der Waals surface area contributed by atoms with Crippen LogP contribution in [0.5, 0.6) is 0 Å². The van der Waals surface area contributed by atoms with E-state index in [1.807, 2.05) is 0 Å². The highest BCUT2D eigenvalue weighted by atomic mass is 35.5. The predicted molar refractivity (Wildman–Crippen MR) is 91.7 cm³/mol. The van der Waals surface area contributed by atoms with Crippen molar-refractivity contribution in [1.29, 1.82) is 0 Å². The van der Waals surface area contributed by atoms with E-state index >= 15 is 0 Å². The number of benzene rings is 2. The fourth-order valence-electron chi connectivity index (χ4n) is 1.91. The first-order valence-corrected chi connectivity index (χ1v) is 7.75. The third-order valence-electron chi connectivity index (χ3n) is 3.15. The van der Waals surface area contributed by atoms with Crippen molar-refractivity contribution in [2.24, 2.45) is 0 Å². The fourth-order valence-corrected chi connectivity index (χ4v) is 2.21. The van der Waals surface area contributed by atoms with Crippen LogP contribution in [0.1, 0.15) is 15.9 Å². The lowest BCUT2D eigenvalue weighted by Crippen LogP contribution is -2.30. The summed E-state index contributed by atoms with van der Waals surface area (Å²) in [7, 11) is 0. The molecule has 2 aromatic carbocycles. The van der Waals surface area contributed by atoms with Gasteiger partial charge in [-0.15, -0.1) is 0 Å². The standard InChI is InChI=1S/C16H12Cl2N2O5/c17-12-6-5-10(7-13(12)18)16(22)19-8-15(21)25-9-11-3-1-2-4-14(11)20(23)24/h1-7H,8-9H2,(H,19,22). The minimum absolute atomic E-state index is 0.143. The van der Waals surface area contributed by atoms with Gasteiger partial charge in [0.1, 0.15) is 13.2 Å². The van der Waals surface area contributed by atoms with E-state index in [1.54, 1.807) is 6.07 Å². The molecule has 0 aliphatic rings. The molecule has 0 saturated heterocycles. The number of nitro benzene ring substituents is 1. The van der Waals surface area contributed by atoms with Gasteiger partial charge in [-0.2, -0.15) is 0 Å². The van der Waals surface area contributed by atoms with Gasteiger partial charge >= 0.3 is 5.97 Å². The molecular formula is C16H12Cl2N2O5. The van der Waals surface area contributed by atoms with E-state index < -0.39 is 16.8 Å². The molecule has 0 aliphatic heterocycles. The average Bonchev–Trinajstić information content (AvgIpc) is 2.60. The number of halogens is 2. The average molecular weight is 383 g/mol. The molecule has 0 saturated carbocycles. The molecule has 0 aliphatic carbocycles. The van der Waals surface area contributed by atoms with Crippen LogP contribution in [0.25, 0.3) is 0 Å². The second-order valence-corrected chi connectivity index (χ2v) is 5.67. The highest BCUT2D eigenvalue weighted by Gasteiger charge is 2.15. The molecule has 2 rings (SSSR count). The molecule has 0 bridgehead atoms. The quantitative estimate of drug-likeness (QED) is 0.469. The molecule has 25 heavy (non-hydrogen) atoms. The first kappa shape index (κ1) is 18.7. The summed E-state index contributed by atoms with van der Waals surface area (Å²) in [5.74, 6) is -1.26. The number of hydrogen-bond acceptors (Lipinski definition) is 5. The fraction of sp³-hybridized carbons (Fsp3) is 0.125. The molecule has 7 nitrogen and oxygen atoms in total. The number of esters is 1. The molecular weight excluding hydrogens is 371 g/mol. The topological polar surface area (TPSA) is 98.5 Å². The van der Waals surface area contributed by atoms with Gasteiger partial charge in [0.25, 0.3) is 11.6 Å². The maximum atomic E-state index is 11.9. The number of rotatable bonds is 6. The van der Waals surface area contributed by atoms with Crippen LogP contribution in [-0.4, -0.2) is 23.3 Å². The highest BCUT2D eigenvalue weighted by Crippen LogP contribution is 2.22. The smallest absolute Gasteiger partial charge is 0.325 e. The molecule has 0 heterocycles. The highest BCUT2D eigenvalue weighted by molar-refractivity contribution is 6.42. The van der Waals surface area contributed by atoms with Crippen LogP contribution in [0.15, 0.2) is 42.5 Å². The van der Waals surface area contributed by atoms with Gasteiger partial charge in [0.2, 0.25) is 0 Å². The maximum absolute atomic E-state index is 11.9. The number of nitrogens with zero attached hydrogens (tertiary/aromatic N) is 1. The Morgan fingerprint density at radius 3 is 2.52 bits per heavy atom. The third kappa shape index (κ3) is 5.17. The van der Waals surface area contributed by atoms with Gasteiger partial charge in [-0.25, -0.2) is 0 Å². The Kier molecular flexibility index (Phi) is 6.32. The van der Waals surface area contributed by atoms with Crippen LogP contribution in [0.2, 0.25) is 10.0 Å². The maximum Gasteiger partial charge on any atom is 0.325 e. The Labute approximate surface area is 152 Å². The third-order valence-corrected chi connectivity index (χ3v) is 3.89. The lowest BCUT2D eigenvalue weighted by Gasteiger charge is -2.07. The minimum Gasteiger partial charge on any atom is -0.459 e. The van der Waals surface area contributed by atoms with Crippen LogP contribution < -0.4 is 5.32 Å². The zero-order valence-electron chi connectivity index (χ0n) is 12.7. The second kappa shape index (κ2) is 8.46. The monoisotopic (exact) mass is 382 g/mol. The number of amides is 1. The summed E-state index contributed by atoms with van der Waals surface area (Å²) in [5.41, 5.74) is 0.354. The summed E-state index contributed by atoms with van der Waals surface area (Å²) >= 11 is 11.6. The van der Waals surface area contributed by atoms with Gasteiger partial charge < -0.3 is 10.1 Å². The van der Waals surface area contributed by atoms with Crippen LogP contribution in [0.4, 0.5) is 5.69 Å². The molecule has 0 fully saturated rings. The molecule has 2 aromatic rings. The van der Waals surface area contributed by atoms with Gasteiger partial charge in [-0.1, -0.05) is 35.3 Å². The molecule has 9 heteroatoms. The van der Waals surface area contributed by atoms with Crippen molar-refractivity contribution in [3.05, 3.63) is 73.8 Å². The Morgan fingerprint density at radius 2 is 1.84 bits per heavy atom. The van der Waals surface area contributed by atoms with E-state index in [-0.39, 0.29) is 35.0 Å². The van der Waals surface area contributed by atoms with Crippen LogP contribution in [0.3, 0.4) is 0 Å². The summed E-state index contributed by atoms with van der Waals surface area (Å²) in [6.45, 7) is -0.654. The number of hydrogen-bond donors (Lipinski definition) is 1. The first-order valence-electron chi connectivity index (χ1n) is 6.99. The Morgan fingerprint density at radius 1 is 1.12 bits per heavy atom. The number of carbonyl (C=O) groups excluding carboxylic acids is 2. The first-order chi connectivity index (χ1) is 11.9. The Balaban J connectivity index is 1.88. The van der Waals surface area contributed by atoms with E-state index in [1.165, 1.54) is 36.4 Å².